The zero-order valence-electron chi connectivity index (χ0n) is 9.65. The first-order valence-corrected chi connectivity index (χ1v) is 5.96. The fourth-order valence-corrected chi connectivity index (χ4v) is 2.14. The van der Waals surface area contributed by atoms with Crippen LogP contribution in [0.3, 0.4) is 0 Å². The van der Waals surface area contributed by atoms with Crippen LogP contribution in [0.2, 0.25) is 0 Å². The van der Waals surface area contributed by atoms with Crippen LogP contribution in [0.25, 0.3) is 0 Å². The van der Waals surface area contributed by atoms with Gasteiger partial charge in [0.1, 0.15) is 0 Å². The summed E-state index contributed by atoms with van der Waals surface area (Å²) in [6, 6.07) is 8.02. The molecule has 1 aliphatic heterocycles. The second kappa shape index (κ2) is 4.88. The standard InChI is InChI=1S/C13H14ClNO2/c1-9-2-4-10(5-3-9)7-15-8-11(13(14)17)6-12(15)16/h2-5,11H,6-8H2,1H3/t11-/m0/s1. The Hall–Kier alpha value is -1.35. The van der Waals surface area contributed by atoms with Crippen molar-refractivity contribution >= 4 is 22.8 Å². The zero-order chi connectivity index (χ0) is 12.4. The largest absolute Gasteiger partial charge is 0.338 e. The van der Waals surface area contributed by atoms with Crippen molar-refractivity contribution in [1.82, 2.24) is 4.90 Å². The number of rotatable bonds is 3. The molecule has 0 bridgehead atoms. The monoisotopic (exact) mass is 251 g/mol. The number of hydrogen-bond donors (Lipinski definition) is 0. The summed E-state index contributed by atoms with van der Waals surface area (Å²) < 4.78 is 0. The maximum absolute atomic E-state index is 11.7. The molecule has 1 atom stereocenters. The molecule has 2 rings (SSSR count). The summed E-state index contributed by atoms with van der Waals surface area (Å²) in [5.74, 6) is -0.334. The molecule has 0 unspecified atom stereocenters. The first-order chi connectivity index (χ1) is 8.06. The van der Waals surface area contributed by atoms with E-state index < -0.39 is 5.24 Å². The van der Waals surface area contributed by atoms with Crippen LogP contribution in [-0.2, 0) is 16.1 Å². The number of hydrogen-bond acceptors (Lipinski definition) is 2. The van der Waals surface area contributed by atoms with Gasteiger partial charge >= 0.3 is 0 Å². The molecule has 1 aromatic carbocycles. The van der Waals surface area contributed by atoms with Crippen LogP contribution >= 0.6 is 11.6 Å². The SMILES string of the molecule is Cc1ccc(CN2C[C@@H](C(=O)Cl)CC2=O)cc1. The molecule has 0 saturated carbocycles. The smallest absolute Gasteiger partial charge is 0.227 e. The average Bonchev–Trinajstić information content (AvgIpc) is 2.64. The molecule has 1 aliphatic rings. The van der Waals surface area contributed by atoms with Crippen LogP contribution in [-0.4, -0.2) is 22.6 Å². The van der Waals surface area contributed by atoms with Gasteiger partial charge in [0.15, 0.2) is 0 Å². The van der Waals surface area contributed by atoms with Crippen molar-refractivity contribution in [2.45, 2.75) is 19.9 Å². The van der Waals surface area contributed by atoms with Crippen LogP contribution in [0.1, 0.15) is 17.5 Å². The van der Waals surface area contributed by atoms with Gasteiger partial charge in [0.2, 0.25) is 11.1 Å². The molecule has 1 fully saturated rings. The summed E-state index contributed by atoms with van der Waals surface area (Å²) in [7, 11) is 0. The van der Waals surface area contributed by atoms with Crippen molar-refractivity contribution in [2.75, 3.05) is 6.54 Å². The van der Waals surface area contributed by atoms with E-state index in [0.29, 0.717) is 13.1 Å². The third kappa shape index (κ3) is 2.86. The third-order valence-corrected chi connectivity index (χ3v) is 3.34. The van der Waals surface area contributed by atoms with Crippen molar-refractivity contribution in [3.63, 3.8) is 0 Å². The van der Waals surface area contributed by atoms with E-state index in [-0.39, 0.29) is 18.2 Å². The van der Waals surface area contributed by atoms with E-state index in [4.69, 9.17) is 11.6 Å². The Kier molecular flexibility index (Phi) is 3.48. The normalized spacial score (nSPS) is 19.8. The van der Waals surface area contributed by atoms with Crippen molar-refractivity contribution < 1.29 is 9.59 Å². The van der Waals surface area contributed by atoms with Gasteiger partial charge in [-0.15, -0.1) is 0 Å². The number of halogens is 1. The number of carbonyl (C=O) groups is 2. The van der Waals surface area contributed by atoms with Gasteiger partial charge in [-0.1, -0.05) is 29.8 Å². The van der Waals surface area contributed by atoms with Crippen molar-refractivity contribution in [1.29, 1.82) is 0 Å². The summed E-state index contributed by atoms with van der Waals surface area (Å²) in [6.45, 7) is 3.02. The maximum atomic E-state index is 11.7. The van der Waals surface area contributed by atoms with Crippen molar-refractivity contribution in [3.05, 3.63) is 35.4 Å². The minimum absolute atomic E-state index is 0.00424. The molecule has 0 radical (unpaired) electrons. The highest BCUT2D eigenvalue weighted by Gasteiger charge is 2.33. The molecule has 17 heavy (non-hydrogen) atoms. The van der Waals surface area contributed by atoms with Gasteiger partial charge in [0.05, 0.1) is 5.92 Å². The number of likely N-dealkylation sites (tertiary alicyclic amines) is 1. The van der Waals surface area contributed by atoms with E-state index in [9.17, 15) is 9.59 Å². The summed E-state index contributed by atoms with van der Waals surface area (Å²) in [5.41, 5.74) is 2.27. The first kappa shape index (κ1) is 12.1. The highest BCUT2D eigenvalue weighted by molar-refractivity contribution is 6.64. The van der Waals surface area contributed by atoms with Gasteiger partial charge in [-0.2, -0.15) is 0 Å². The van der Waals surface area contributed by atoms with Gasteiger partial charge < -0.3 is 4.90 Å². The van der Waals surface area contributed by atoms with Crippen molar-refractivity contribution in [2.24, 2.45) is 5.92 Å². The maximum Gasteiger partial charge on any atom is 0.227 e. The summed E-state index contributed by atoms with van der Waals surface area (Å²) in [5, 5.41) is -0.412. The molecule has 0 aliphatic carbocycles. The van der Waals surface area contributed by atoms with E-state index in [1.807, 2.05) is 31.2 Å². The number of benzene rings is 1. The lowest BCUT2D eigenvalue weighted by Gasteiger charge is -2.16. The Morgan fingerprint density at radius 1 is 1.41 bits per heavy atom. The van der Waals surface area contributed by atoms with E-state index in [1.165, 1.54) is 5.56 Å². The van der Waals surface area contributed by atoms with Crippen LogP contribution in [0, 0.1) is 12.8 Å². The van der Waals surface area contributed by atoms with Crippen LogP contribution in [0.4, 0.5) is 0 Å². The number of amides is 1. The number of nitrogens with zero attached hydrogens (tertiary/aromatic N) is 1. The Bertz CT molecular complexity index is 441. The molecule has 3 nitrogen and oxygen atoms in total. The fraction of sp³-hybridized carbons (Fsp3) is 0.385. The number of carbonyl (C=O) groups excluding carboxylic acids is 2. The molecule has 0 N–H and O–H groups in total. The summed E-state index contributed by atoms with van der Waals surface area (Å²) >= 11 is 5.42. The first-order valence-electron chi connectivity index (χ1n) is 5.59. The Balaban J connectivity index is 2.02. The minimum Gasteiger partial charge on any atom is -0.338 e. The minimum atomic E-state index is -0.412. The van der Waals surface area contributed by atoms with Gasteiger partial charge in [-0.3, -0.25) is 9.59 Å². The molecular weight excluding hydrogens is 238 g/mol. The Morgan fingerprint density at radius 2 is 2.06 bits per heavy atom. The molecule has 1 saturated heterocycles. The molecule has 1 aromatic rings. The molecule has 90 valence electrons. The second-order valence-electron chi connectivity index (χ2n) is 4.47. The van der Waals surface area contributed by atoms with E-state index in [0.717, 1.165) is 5.56 Å². The topological polar surface area (TPSA) is 37.4 Å². The summed E-state index contributed by atoms with van der Waals surface area (Å²) in [6.07, 6.45) is 0.244. The van der Waals surface area contributed by atoms with Crippen LogP contribution < -0.4 is 0 Å². The quantitative estimate of drug-likeness (QED) is 0.772. The molecule has 1 heterocycles. The zero-order valence-corrected chi connectivity index (χ0v) is 10.4. The molecule has 4 heteroatoms. The van der Waals surface area contributed by atoms with Gasteiger partial charge in [0, 0.05) is 19.5 Å². The highest BCUT2D eigenvalue weighted by Crippen LogP contribution is 2.22. The van der Waals surface area contributed by atoms with Gasteiger partial charge in [-0.25, -0.2) is 0 Å². The van der Waals surface area contributed by atoms with E-state index in [1.54, 1.807) is 4.90 Å². The van der Waals surface area contributed by atoms with Crippen LogP contribution in [0.15, 0.2) is 24.3 Å². The van der Waals surface area contributed by atoms with Crippen molar-refractivity contribution in [3.8, 4) is 0 Å². The Morgan fingerprint density at radius 3 is 2.59 bits per heavy atom. The number of aryl methyl sites for hydroxylation is 1. The lowest BCUT2D eigenvalue weighted by molar-refractivity contribution is -0.128. The van der Waals surface area contributed by atoms with E-state index >= 15 is 0 Å². The predicted octanol–water partition coefficient (Wildman–Crippen LogP) is 2.11. The third-order valence-electron chi connectivity index (χ3n) is 3.03. The lowest BCUT2D eigenvalue weighted by Crippen LogP contribution is -2.25. The van der Waals surface area contributed by atoms with Gasteiger partial charge in [0.25, 0.3) is 0 Å². The predicted molar refractivity (Wildman–Crippen MR) is 65.6 cm³/mol. The van der Waals surface area contributed by atoms with Crippen LogP contribution in [0.5, 0.6) is 0 Å². The molecular formula is C13H14ClNO2. The molecule has 0 aromatic heterocycles. The molecule has 0 spiro atoms. The fourth-order valence-electron chi connectivity index (χ4n) is 1.99. The highest BCUT2D eigenvalue weighted by atomic mass is 35.5. The molecule has 1 amide bonds. The average molecular weight is 252 g/mol. The summed E-state index contributed by atoms with van der Waals surface area (Å²) in [4.78, 5) is 24.4. The second-order valence-corrected chi connectivity index (χ2v) is 4.84. The Labute approximate surface area is 105 Å². The lowest BCUT2D eigenvalue weighted by atomic mass is 10.1. The van der Waals surface area contributed by atoms with Gasteiger partial charge in [-0.05, 0) is 24.1 Å². The van der Waals surface area contributed by atoms with E-state index in [2.05, 4.69) is 0 Å².